The lowest BCUT2D eigenvalue weighted by Gasteiger charge is -2.12. The van der Waals surface area contributed by atoms with Gasteiger partial charge < -0.3 is 5.32 Å². The van der Waals surface area contributed by atoms with Crippen LogP contribution in [0.25, 0.3) is 16.5 Å². The minimum Gasteiger partial charge on any atom is -0.381 e. The van der Waals surface area contributed by atoms with Gasteiger partial charge in [-0.1, -0.05) is 18.2 Å². The molecular weight excluding hydrogens is 210 g/mol. The second-order valence-corrected chi connectivity index (χ2v) is 4.57. The molecule has 0 amide bonds. The van der Waals surface area contributed by atoms with Gasteiger partial charge in [-0.25, -0.2) is 0 Å². The van der Waals surface area contributed by atoms with E-state index in [0.29, 0.717) is 6.04 Å². The smallest absolute Gasteiger partial charge is 0.0956 e. The molecule has 88 valence electrons. The molecule has 0 saturated heterocycles. The van der Waals surface area contributed by atoms with Crippen molar-refractivity contribution < 1.29 is 0 Å². The molecule has 2 aromatic rings. The fraction of sp³-hybridized carbons (Fsp3) is 0.286. The van der Waals surface area contributed by atoms with Crippen LogP contribution < -0.4 is 5.32 Å². The SMILES string of the molecule is C=C(C)c1ccc2c(NC(C)C)cnnc2c1. The molecule has 0 spiro atoms. The minimum absolute atomic E-state index is 0.378. The highest BCUT2D eigenvalue weighted by Crippen LogP contribution is 2.24. The lowest BCUT2D eigenvalue weighted by molar-refractivity contribution is 0.897. The van der Waals surface area contributed by atoms with Gasteiger partial charge in [0.1, 0.15) is 0 Å². The van der Waals surface area contributed by atoms with E-state index in [1.807, 2.05) is 13.0 Å². The standard InChI is InChI=1S/C14H17N3/c1-9(2)11-5-6-12-13(7-11)17-15-8-14(12)16-10(3)4/h5-8,10H,1H2,2-4H3,(H,16,17). The monoisotopic (exact) mass is 227 g/mol. The summed E-state index contributed by atoms with van der Waals surface area (Å²) in [5.74, 6) is 0. The molecule has 1 aromatic carbocycles. The van der Waals surface area contributed by atoms with Crippen LogP contribution in [-0.2, 0) is 0 Å². The predicted molar refractivity (Wildman–Crippen MR) is 73.0 cm³/mol. The van der Waals surface area contributed by atoms with Gasteiger partial charge in [0.25, 0.3) is 0 Å². The van der Waals surface area contributed by atoms with E-state index in [0.717, 1.165) is 27.7 Å². The molecule has 0 bridgehead atoms. The van der Waals surface area contributed by atoms with E-state index in [1.54, 1.807) is 6.20 Å². The van der Waals surface area contributed by atoms with Gasteiger partial charge in [0.2, 0.25) is 0 Å². The summed E-state index contributed by atoms with van der Waals surface area (Å²) in [6.07, 6.45) is 1.77. The third-order valence-electron chi connectivity index (χ3n) is 2.58. The van der Waals surface area contributed by atoms with Gasteiger partial charge >= 0.3 is 0 Å². The van der Waals surface area contributed by atoms with Gasteiger partial charge in [-0.15, -0.1) is 0 Å². The number of hydrogen-bond donors (Lipinski definition) is 1. The van der Waals surface area contributed by atoms with Gasteiger partial charge in [-0.3, -0.25) is 0 Å². The summed E-state index contributed by atoms with van der Waals surface area (Å²) in [7, 11) is 0. The average molecular weight is 227 g/mol. The van der Waals surface area contributed by atoms with Gasteiger partial charge in [0.05, 0.1) is 17.4 Å². The highest BCUT2D eigenvalue weighted by atomic mass is 15.1. The molecule has 0 fully saturated rings. The summed E-state index contributed by atoms with van der Waals surface area (Å²) in [5, 5.41) is 12.7. The summed E-state index contributed by atoms with van der Waals surface area (Å²) in [5.41, 5.74) is 4.07. The summed E-state index contributed by atoms with van der Waals surface area (Å²) in [4.78, 5) is 0. The Hall–Kier alpha value is -1.90. The van der Waals surface area contributed by atoms with Crippen molar-refractivity contribution in [3.8, 4) is 0 Å². The molecule has 2 rings (SSSR count). The van der Waals surface area contributed by atoms with E-state index in [9.17, 15) is 0 Å². The Balaban J connectivity index is 2.54. The highest BCUT2D eigenvalue weighted by molar-refractivity contribution is 5.92. The van der Waals surface area contributed by atoms with Gasteiger partial charge in [-0.2, -0.15) is 10.2 Å². The molecule has 0 saturated carbocycles. The number of aromatic nitrogens is 2. The Kier molecular flexibility index (Phi) is 3.09. The maximum Gasteiger partial charge on any atom is 0.0956 e. The number of benzene rings is 1. The van der Waals surface area contributed by atoms with E-state index in [2.05, 4.69) is 48.1 Å². The molecule has 3 heteroatoms. The van der Waals surface area contributed by atoms with Crippen LogP contribution in [0.5, 0.6) is 0 Å². The molecule has 1 aromatic heterocycles. The van der Waals surface area contributed by atoms with Crippen LogP contribution >= 0.6 is 0 Å². The first-order chi connectivity index (χ1) is 8.08. The van der Waals surface area contributed by atoms with Crippen molar-refractivity contribution in [3.63, 3.8) is 0 Å². The van der Waals surface area contributed by atoms with E-state index in [-0.39, 0.29) is 0 Å². The van der Waals surface area contributed by atoms with Crippen LogP contribution in [-0.4, -0.2) is 16.2 Å². The van der Waals surface area contributed by atoms with Crippen LogP contribution in [0.4, 0.5) is 5.69 Å². The van der Waals surface area contributed by atoms with Crippen LogP contribution in [0.15, 0.2) is 31.0 Å². The van der Waals surface area contributed by atoms with E-state index in [1.165, 1.54) is 0 Å². The lowest BCUT2D eigenvalue weighted by Crippen LogP contribution is -2.10. The zero-order chi connectivity index (χ0) is 12.4. The maximum atomic E-state index is 4.16. The van der Waals surface area contributed by atoms with Gasteiger partial charge in [0.15, 0.2) is 0 Å². The van der Waals surface area contributed by atoms with Crippen LogP contribution in [0.1, 0.15) is 26.3 Å². The Morgan fingerprint density at radius 3 is 2.76 bits per heavy atom. The molecule has 0 aliphatic carbocycles. The molecule has 1 heterocycles. The topological polar surface area (TPSA) is 37.8 Å². The fourth-order valence-corrected chi connectivity index (χ4v) is 1.75. The Morgan fingerprint density at radius 2 is 2.12 bits per heavy atom. The normalized spacial score (nSPS) is 10.8. The Morgan fingerprint density at radius 1 is 1.35 bits per heavy atom. The summed E-state index contributed by atoms with van der Waals surface area (Å²) < 4.78 is 0. The quantitative estimate of drug-likeness (QED) is 0.872. The molecular formula is C14H17N3. The van der Waals surface area contributed by atoms with Crippen molar-refractivity contribution in [2.75, 3.05) is 5.32 Å². The summed E-state index contributed by atoms with van der Waals surface area (Å²) in [6.45, 7) is 10.1. The molecule has 0 radical (unpaired) electrons. The van der Waals surface area contributed by atoms with Gasteiger partial charge in [-0.05, 0) is 38.5 Å². The highest BCUT2D eigenvalue weighted by Gasteiger charge is 2.05. The van der Waals surface area contributed by atoms with E-state index < -0.39 is 0 Å². The predicted octanol–water partition coefficient (Wildman–Crippen LogP) is 3.48. The second-order valence-electron chi connectivity index (χ2n) is 4.57. The molecule has 17 heavy (non-hydrogen) atoms. The molecule has 0 aliphatic rings. The first-order valence-corrected chi connectivity index (χ1v) is 5.76. The number of rotatable bonds is 3. The largest absolute Gasteiger partial charge is 0.381 e. The molecule has 1 N–H and O–H groups in total. The van der Waals surface area contributed by atoms with Crippen molar-refractivity contribution in [2.45, 2.75) is 26.8 Å². The van der Waals surface area contributed by atoms with Crippen molar-refractivity contribution >= 4 is 22.2 Å². The fourth-order valence-electron chi connectivity index (χ4n) is 1.75. The number of nitrogens with zero attached hydrogens (tertiary/aromatic N) is 2. The minimum atomic E-state index is 0.378. The zero-order valence-corrected chi connectivity index (χ0v) is 10.5. The number of fused-ring (bicyclic) bond motifs is 1. The van der Waals surface area contributed by atoms with Crippen LogP contribution in [0, 0.1) is 0 Å². The number of allylic oxidation sites excluding steroid dienone is 1. The van der Waals surface area contributed by atoms with E-state index >= 15 is 0 Å². The summed E-state index contributed by atoms with van der Waals surface area (Å²) >= 11 is 0. The molecule has 0 atom stereocenters. The second kappa shape index (κ2) is 4.53. The molecule has 3 nitrogen and oxygen atoms in total. The number of anilines is 1. The van der Waals surface area contributed by atoms with Gasteiger partial charge in [0, 0.05) is 11.4 Å². The van der Waals surface area contributed by atoms with Crippen molar-refractivity contribution in [3.05, 3.63) is 36.5 Å². The number of nitrogens with one attached hydrogen (secondary N) is 1. The van der Waals surface area contributed by atoms with Crippen molar-refractivity contribution in [2.24, 2.45) is 0 Å². The van der Waals surface area contributed by atoms with Crippen molar-refractivity contribution in [1.29, 1.82) is 0 Å². The third-order valence-corrected chi connectivity index (χ3v) is 2.58. The van der Waals surface area contributed by atoms with Crippen molar-refractivity contribution in [1.82, 2.24) is 10.2 Å². The Labute approximate surface area is 102 Å². The van der Waals surface area contributed by atoms with Crippen LogP contribution in [0.3, 0.4) is 0 Å². The first kappa shape index (κ1) is 11.6. The van der Waals surface area contributed by atoms with E-state index in [4.69, 9.17) is 0 Å². The number of hydrogen-bond acceptors (Lipinski definition) is 3. The third kappa shape index (κ3) is 2.44. The lowest BCUT2D eigenvalue weighted by atomic mass is 10.1. The zero-order valence-electron chi connectivity index (χ0n) is 10.5. The summed E-state index contributed by atoms with van der Waals surface area (Å²) in [6, 6.07) is 6.54. The first-order valence-electron chi connectivity index (χ1n) is 5.76. The molecule has 0 aliphatic heterocycles. The average Bonchev–Trinajstić information content (AvgIpc) is 2.28. The molecule has 0 unspecified atom stereocenters. The maximum absolute atomic E-state index is 4.16. The van der Waals surface area contributed by atoms with Crippen LogP contribution in [0.2, 0.25) is 0 Å². The Bertz CT molecular complexity index is 558.